The maximum Gasteiger partial charge on any atom is 0.319 e. The number of hydrogen-bond donors (Lipinski definition) is 2. The maximum atomic E-state index is 12.2. The van der Waals surface area contributed by atoms with E-state index in [2.05, 4.69) is 15.6 Å². The quantitative estimate of drug-likeness (QED) is 0.887. The monoisotopic (exact) mass is 310 g/mol. The lowest BCUT2D eigenvalue weighted by molar-refractivity contribution is 0.249. The molecule has 1 aromatic carbocycles. The Labute approximate surface area is 135 Å². The average molecular weight is 310 g/mol. The molecule has 0 fully saturated rings. The van der Waals surface area contributed by atoms with Crippen LogP contribution in [-0.2, 0) is 0 Å². The molecule has 0 aliphatic carbocycles. The van der Waals surface area contributed by atoms with Gasteiger partial charge >= 0.3 is 6.03 Å². The van der Waals surface area contributed by atoms with E-state index in [1.54, 1.807) is 30.6 Å². The molecule has 2 amide bonds. The lowest BCUT2D eigenvalue weighted by Gasteiger charge is -2.16. The highest BCUT2D eigenvalue weighted by molar-refractivity contribution is 5.91. The van der Waals surface area contributed by atoms with Crippen LogP contribution in [0.5, 0.6) is 5.75 Å². The number of urea groups is 1. The molecule has 0 unspecified atom stereocenters. The van der Waals surface area contributed by atoms with Gasteiger partial charge < -0.3 is 15.4 Å². The minimum Gasteiger partial charge on any atom is -0.492 e. The van der Waals surface area contributed by atoms with Crippen LogP contribution in [0.25, 0.3) is 0 Å². The van der Waals surface area contributed by atoms with Crippen molar-refractivity contribution >= 4 is 11.7 Å². The summed E-state index contributed by atoms with van der Waals surface area (Å²) in [7, 11) is 0. The van der Waals surface area contributed by atoms with E-state index in [0.29, 0.717) is 23.6 Å². The van der Waals surface area contributed by atoms with Gasteiger partial charge in [-0.3, -0.25) is 4.98 Å². The van der Waals surface area contributed by atoms with Crippen LogP contribution >= 0.6 is 0 Å². The summed E-state index contributed by atoms with van der Waals surface area (Å²) < 4.78 is 5.47. The van der Waals surface area contributed by atoms with Gasteiger partial charge in [0, 0.05) is 12.4 Å². The molecular formula is C17H18N4O2. The maximum absolute atomic E-state index is 12.2. The van der Waals surface area contributed by atoms with Crippen LogP contribution in [0, 0.1) is 11.3 Å². The van der Waals surface area contributed by atoms with Gasteiger partial charge in [-0.2, -0.15) is 5.26 Å². The summed E-state index contributed by atoms with van der Waals surface area (Å²) >= 11 is 0. The Morgan fingerprint density at radius 2 is 2.26 bits per heavy atom. The van der Waals surface area contributed by atoms with E-state index in [1.807, 2.05) is 32.0 Å². The molecule has 0 aliphatic heterocycles. The van der Waals surface area contributed by atoms with Crippen LogP contribution in [0.15, 0.2) is 42.7 Å². The fourth-order valence-corrected chi connectivity index (χ4v) is 2.05. The van der Waals surface area contributed by atoms with Crippen molar-refractivity contribution in [1.29, 1.82) is 5.26 Å². The van der Waals surface area contributed by atoms with Crippen molar-refractivity contribution in [2.24, 2.45) is 0 Å². The zero-order valence-electron chi connectivity index (χ0n) is 13.0. The Kier molecular flexibility index (Phi) is 5.53. The molecule has 0 saturated carbocycles. The zero-order chi connectivity index (χ0) is 16.7. The number of nitrogens with one attached hydrogen (secondary N) is 2. The van der Waals surface area contributed by atoms with Crippen molar-refractivity contribution < 1.29 is 9.53 Å². The summed E-state index contributed by atoms with van der Waals surface area (Å²) in [5, 5.41) is 14.5. The average Bonchev–Trinajstić information content (AvgIpc) is 2.57. The third kappa shape index (κ3) is 4.45. The largest absolute Gasteiger partial charge is 0.492 e. The molecule has 1 atom stereocenters. The zero-order valence-corrected chi connectivity index (χ0v) is 13.0. The summed E-state index contributed by atoms with van der Waals surface area (Å²) in [6.07, 6.45) is 3.38. The van der Waals surface area contributed by atoms with E-state index in [1.165, 1.54) is 0 Å². The molecule has 0 aliphatic rings. The molecule has 0 spiro atoms. The summed E-state index contributed by atoms with van der Waals surface area (Å²) in [4.78, 5) is 16.2. The SMILES string of the molecule is CCOc1ccc(C#N)cc1NC(=O)N[C@@H](C)c1cccnc1. The number of amides is 2. The number of nitrogens with zero attached hydrogens (tertiary/aromatic N) is 2. The van der Waals surface area contributed by atoms with Gasteiger partial charge in [0.2, 0.25) is 0 Å². The van der Waals surface area contributed by atoms with E-state index in [9.17, 15) is 4.79 Å². The fourth-order valence-electron chi connectivity index (χ4n) is 2.05. The number of carbonyl (C=O) groups excluding carboxylic acids is 1. The highest BCUT2D eigenvalue weighted by Crippen LogP contribution is 2.25. The van der Waals surface area contributed by atoms with Crippen molar-refractivity contribution in [2.45, 2.75) is 19.9 Å². The predicted octanol–water partition coefficient (Wildman–Crippen LogP) is 3.23. The minimum absolute atomic E-state index is 0.196. The molecule has 2 aromatic rings. The van der Waals surface area contributed by atoms with Gasteiger partial charge in [0.25, 0.3) is 0 Å². The van der Waals surface area contributed by atoms with E-state index < -0.39 is 0 Å². The number of anilines is 1. The second-order valence-electron chi connectivity index (χ2n) is 4.86. The number of benzene rings is 1. The van der Waals surface area contributed by atoms with Crippen molar-refractivity contribution in [3.8, 4) is 11.8 Å². The minimum atomic E-state index is -0.377. The van der Waals surface area contributed by atoms with E-state index in [0.717, 1.165) is 5.56 Å². The van der Waals surface area contributed by atoms with Crippen LogP contribution in [0.2, 0.25) is 0 Å². The van der Waals surface area contributed by atoms with Gasteiger partial charge in [0.1, 0.15) is 5.75 Å². The van der Waals surface area contributed by atoms with Gasteiger partial charge in [-0.25, -0.2) is 4.79 Å². The number of ether oxygens (including phenoxy) is 1. The summed E-state index contributed by atoms with van der Waals surface area (Å²) in [5.74, 6) is 0.524. The normalized spacial score (nSPS) is 11.2. The molecule has 118 valence electrons. The number of carbonyl (C=O) groups is 1. The van der Waals surface area contributed by atoms with Crippen molar-refractivity contribution in [1.82, 2.24) is 10.3 Å². The number of pyridine rings is 1. The highest BCUT2D eigenvalue weighted by atomic mass is 16.5. The lowest BCUT2D eigenvalue weighted by atomic mass is 10.1. The number of rotatable bonds is 5. The highest BCUT2D eigenvalue weighted by Gasteiger charge is 2.12. The molecule has 1 aromatic heterocycles. The third-order valence-corrected chi connectivity index (χ3v) is 3.19. The standard InChI is InChI=1S/C17H18N4O2/c1-3-23-16-7-6-13(10-18)9-15(16)21-17(22)20-12(2)14-5-4-8-19-11-14/h4-9,11-12H,3H2,1-2H3,(H2,20,21,22)/t12-/m0/s1. The first-order valence-electron chi connectivity index (χ1n) is 7.28. The van der Waals surface area contributed by atoms with Gasteiger partial charge in [-0.15, -0.1) is 0 Å². The first kappa shape index (κ1) is 16.3. The smallest absolute Gasteiger partial charge is 0.319 e. The summed E-state index contributed by atoms with van der Waals surface area (Å²) in [6.45, 7) is 4.19. The van der Waals surface area contributed by atoms with Gasteiger partial charge in [0.05, 0.1) is 30.0 Å². The molecule has 0 bridgehead atoms. The van der Waals surface area contributed by atoms with E-state index >= 15 is 0 Å². The molecular weight excluding hydrogens is 292 g/mol. The molecule has 0 radical (unpaired) electrons. The van der Waals surface area contributed by atoms with Crippen molar-refractivity contribution in [3.63, 3.8) is 0 Å². The van der Waals surface area contributed by atoms with E-state index in [4.69, 9.17) is 10.00 Å². The number of hydrogen-bond acceptors (Lipinski definition) is 4. The first-order valence-corrected chi connectivity index (χ1v) is 7.28. The molecule has 6 heteroatoms. The summed E-state index contributed by atoms with van der Waals surface area (Å²) in [5.41, 5.74) is 1.81. The molecule has 2 N–H and O–H groups in total. The van der Waals surface area contributed by atoms with Crippen molar-refractivity contribution in [3.05, 3.63) is 53.9 Å². The van der Waals surface area contributed by atoms with Crippen LogP contribution in [0.3, 0.4) is 0 Å². The van der Waals surface area contributed by atoms with Crippen LogP contribution in [0.1, 0.15) is 31.0 Å². The second-order valence-corrected chi connectivity index (χ2v) is 4.86. The molecule has 6 nitrogen and oxygen atoms in total. The van der Waals surface area contributed by atoms with Crippen molar-refractivity contribution in [2.75, 3.05) is 11.9 Å². The molecule has 1 heterocycles. The number of aromatic nitrogens is 1. The fraction of sp³-hybridized carbons (Fsp3) is 0.235. The molecule has 0 saturated heterocycles. The Hall–Kier alpha value is -3.07. The second kappa shape index (κ2) is 7.80. The Morgan fingerprint density at radius 3 is 2.91 bits per heavy atom. The van der Waals surface area contributed by atoms with Gasteiger partial charge in [-0.05, 0) is 43.7 Å². The number of nitriles is 1. The Bertz CT molecular complexity index is 710. The third-order valence-electron chi connectivity index (χ3n) is 3.19. The first-order chi connectivity index (χ1) is 11.1. The van der Waals surface area contributed by atoms with Crippen LogP contribution < -0.4 is 15.4 Å². The Balaban J connectivity index is 2.09. The topological polar surface area (TPSA) is 87.0 Å². The van der Waals surface area contributed by atoms with Gasteiger partial charge in [0.15, 0.2) is 0 Å². The molecule has 23 heavy (non-hydrogen) atoms. The van der Waals surface area contributed by atoms with Crippen LogP contribution in [-0.4, -0.2) is 17.6 Å². The van der Waals surface area contributed by atoms with Crippen LogP contribution in [0.4, 0.5) is 10.5 Å². The Morgan fingerprint density at radius 1 is 1.43 bits per heavy atom. The lowest BCUT2D eigenvalue weighted by Crippen LogP contribution is -2.31. The van der Waals surface area contributed by atoms with E-state index in [-0.39, 0.29) is 12.1 Å². The van der Waals surface area contributed by atoms with Gasteiger partial charge in [-0.1, -0.05) is 6.07 Å². The summed E-state index contributed by atoms with van der Waals surface area (Å²) in [6, 6.07) is 10.1. The predicted molar refractivity (Wildman–Crippen MR) is 87.1 cm³/mol. The molecule has 2 rings (SSSR count).